The first kappa shape index (κ1) is 11.9. The molecule has 92 valence electrons. The number of ether oxygens (including phenoxy) is 1. The summed E-state index contributed by atoms with van der Waals surface area (Å²) in [6.07, 6.45) is 8.65. The Morgan fingerprint density at radius 3 is 2.81 bits per heavy atom. The molecule has 1 N–H and O–H groups in total. The Bertz CT molecular complexity index is 264. The maximum absolute atomic E-state index is 11.4. The fourth-order valence-electron chi connectivity index (χ4n) is 2.94. The Labute approximate surface area is 97.2 Å². The van der Waals surface area contributed by atoms with Crippen molar-refractivity contribution >= 4 is 5.97 Å². The molecule has 0 aromatic rings. The minimum absolute atomic E-state index is 0.260. The molecule has 1 saturated carbocycles. The SMILES string of the molecule is CCCCCCC1(C(=O)O)CCC2OC2C1. The molecule has 0 aromatic carbocycles. The van der Waals surface area contributed by atoms with Crippen molar-refractivity contribution in [3.63, 3.8) is 0 Å². The molecule has 1 aliphatic heterocycles. The maximum atomic E-state index is 11.4. The molecule has 3 heteroatoms. The van der Waals surface area contributed by atoms with Gasteiger partial charge in [0.05, 0.1) is 17.6 Å². The van der Waals surface area contributed by atoms with E-state index < -0.39 is 11.4 Å². The van der Waals surface area contributed by atoms with Crippen LogP contribution in [0.15, 0.2) is 0 Å². The van der Waals surface area contributed by atoms with Crippen molar-refractivity contribution in [2.24, 2.45) is 5.41 Å². The Kier molecular flexibility index (Phi) is 3.53. The van der Waals surface area contributed by atoms with Crippen LogP contribution in [-0.2, 0) is 9.53 Å². The third kappa shape index (κ3) is 2.40. The molecule has 0 bridgehead atoms. The summed E-state index contributed by atoms with van der Waals surface area (Å²) in [5, 5.41) is 9.43. The smallest absolute Gasteiger partial charge is 0.309 e. The number of hydrogen-bond acceptors (Lipinski definition) is 2. The van der Waals surface area contributed by atoms with Gasteiger partial charge in [-0.25, -0.2) is 0 Å². The fraction of sp³-hybridized carbons (Fsp3) is 0.923. The van der Waals surface area contributed by atoms with Crippen LogP contribution in [-0.4, -0.2) is 23.3 Å². The first-order valence-electron chi connectivity index (χ1n) is 6.57. The Balaban J connectivity index is 1.85. The minimum Gasteiger partial charge on any atom is -0.481 e. The lowest BCUT2D eigenvalue weighted by Crippen LogP contribution is -2.36. The van der Waals surface area contributed by atoms with Gasteiger partial charge in [-0.15, -0.1) is 0 Å². The molecule has 1 saturated heterocycles. The molecule has 0 radical (unpaired) electrons. The molecule has 2 aliphatic rings. The number of aliphatic carboxylic acids is 1. The van der Waals surface area contributed by atoms with E-state index in [0.29, 0.717) is 6.10 Å². The summed E-state index contributed by atoms with van der Waals surface area (Å²) < 4.78 is 5.45. The summed E-state index contributed by atoms with van der Waals surface area (Å²) >= 11 is 0. The Morgan fingerprint density at radius 1 is 1.38 bits per heavy atom. The van der Waals surface area contributed by atoms with Gasteiger partial charge in [-0.1, -0.05) is 32.6 Å². The van der Waals surface area contributed by atoms with Crippen molar-refractivity contribution in [1.82, 2.24) is 0 Å². The predicted octanol–water partition coefficient (Wildman–Crippen LogP) is 2.98. The van der Waals surface area contributed by atoms with Crippen molar-refractivity contribution in [2.75, 3.05) is 0 Å². The van der Waals surface area contributed by atoms with E-state index in [9.17, 15) is 9.90 Å². The zero-order valence-electron chi connectivity index (χ0n) is 10.1. The number of carbonyl (C=O) groups is 1. The molecule has 16 heavy (non-hydrogen) atoms. The van der Waals surface area contributed by atoms with Crippen LogP contribution in [0, 0.1) is 5.41 Å². The second-order valence-corrected chi connectivity index (χ2v) is 5.35. The zero-order valence-corrected chi connectivity index (χ0v) is 10.1. The summed E-state index contributed by atoms with van der Waals surface area (Å²) in [7, 11) is 0. The molecular weight excluding hydrogens is 204 g/mol. The second kappa shape index (κ2) is 4.74. The van der Waals surface area contributed by atoms with Crippen LogP contribution in [0.1, 0.15) is 58.3 Å². The van der Waals surface area contributed by atoms with Gasteiger partial charge in [0.1, 0.15) is 0 Å². The van der Waals surface area contributed by atoms with Crippen LogP contribution in [0.4, 0.5) is 0 Å². The van der Waals surface area contributed by atoms with Crippen molar-refractivity contribution < 1.29 is 14.6 Å². The van der Waals surface area contributed by atoms with Crippen LogP contribution < -0.4 is 0 Å². The summed E-state index contributed by atoms with van der Waals surface area (Å²) in [6, 6.07) is 0. The summed E-state index contributed by atoms with van der Waals surface area (Å²) in [4.78, 5) is 11.4. The van der Waals surface area contributed by atoms with Gasteiger partial charge < -0.3 is 9.84 Å². The predicted molar refractivity (Wildman–Crippen MR) is 61.3 cm³/mol. The van der Waals surface area contributed by atoms with Gasteiger partial charge in [0.15, 0.2) is 0 Å². The highest BCUT2D eigenvalue weighted by molar-refractivity contribution is 5.75. The van der Waals surface area contributed by atoms with Gasteiger partial charge in [-0.3, -0.25) is 4.79 Å². The van der Waals surface area contributed by atoms with Gasteiger partial charge in [0, 0.05) is 0 Å². The number of carboxylic acid groups (broad SMARTS) is 1. The lowest BCUT2D eigenvalue weighted by molar-refractivity contribution is -0.151. The van der Waals surface area contributed by atoms with Gasteiger partial charge in [-0.2, -0.15) is 0 Å². The molecule has 0 aromatic heterocycles. The largest absolute Gasteiger partial charge is 0.481 e. The van der Waals surface area contributed by atoms with Crippen LogP contribution in [0.2, 0.25) is 0 Å². The fourth-order valence-corrected chi connectivity index (χ4v) is 2.94. The van der Waals surface area contributed by atoms with Crippen molar-refractivity contribution in [3.8, 4) is 0 Å². The molecule has 3 unspecified atom stereocenters. The van der Waals surface area contributed by atoms with Gasteiger partial charge >= 0.3 is 5.97 Å². The van der Waals surface area contributed by atoms with Gasteiger partial charge in [-0.05, 0) is 25.7 Å². The van der Waals surface area contributed by atoms with E-state index in [2.05, 4.69) is 6.92 Å². The number of unbranched alkanes of at least 4 members (excludes halogenated alkanes) is 3. The minimum atomic E-state index is -0.599. The highest BCUT2D eigenvalue weighted by atomic mass is 16.6. The molecule has 0 amide bonds. The molecule has 1 aliphatic carbocycles. The molecule has 0 spiro atoms. The van der Waals surface area contributed by atoms with Gasteiger partial charge in [0.25, 0.3) is 0 Å². The molecule has 3 atom stereocenters. The van der Waals surface area contributed by atoms with Crippen molar-refractivity contribution in [1.29, 1.82) is 0 Å². The van der Waals surface area contributed by atoms with Gasteiger partial charge in [0.2, 0.25) is 0 Å². The highest BCUT2D eigenvalue weighted by Crippen LogP contribution is 2.49. The number of hydrogen-bond donors (Lipinski definition) is 1. The lowest BCUT2D eigenvalue weighted by Gasteiger charge is -2.31. The molecule has 2 fully saturated rings. The third-order valence-electron chi connectivity index (χ3n) is 4.15. The summed E-state index contributed by atoms with van der Waals surface area (Å²) in [5.74, 6) is -0.599. The van der Waals surface area contributed by atoms with E-state index in [1.54, 1.807) is 0 Å². The average molecular weight is 226 g/mol. The van der Waals surface area contributed by atoms with Crippen LogP contribution >= 0.6 is 0 Å². The van der Waals surface area contributed by atoms with Crippen LogP contribution in [0.25, 0.3) is 0 Å². The second-order valence-electron chi connectivity index (χ2n) is 5.35. The topological polar surface area (TPSA) is 49.8 Å². The average Bonchev–Trinajstić information content (AvgIpc) is 3.02. The summed E-state index contributed by atoms with van der Waals surface area (Å²) in [6.45, 7) is 2.18. The monoisotopic (exact) mass is 226 g/mol. The molecular formula is C13H22O3. The van der Waals surface area contributed by atoms with Crippen LogP contribution in [0.5, 0.6) is 0 Å². The van der Waals surface area contributed by atoms with E-state index in [-0.39, 0.29) is 6.10 Å². The molecule has 3 nitrogen and oxygen atoms in total. The van der Waals surface area contributed by atoms with E-state index >= 15 is 0 Å². The van der Waals surface area contributed by atoms with Crippen molar-refractivity contribution in [2.45, 2.75) is 70.5 Å². The molecule has 1 heterocycles. The standard InChI is InChI=1S/C13H22O3/c1-2-3-4-5-7-13(12(14)15)8-6-10-11(9-13)16-10/h10-11H,2-9H2,1H3,(H,14,15). The summed E-state index contributed by atoms with van der Waals surface area (Å²) in [5.41, 5.74) is -0.467. The number of epoxide rings is 1. The lowest BCUT2D eigenvalue weighted by atomic mass is 9.71. The van der Waals surface area contributed by atoms with Crippen LogP contribution in [0.3, 0.4) is 0 Å². The Morgan fingerprint density at radius 2 is 2.19 bits per heavy atom. The van der Waals surface area contributed by atoms with E-state index in [0.717, 1.165) is 32.1 Å². The normalized spacial score (nSPS) is 36.8. The number of rotatable bonds is 6. The number of carboxylic acids is 1. The van der Waals surface area contributed by atoms with Crippen molar-refractivity contribution in [3.05, 3.63) is 0 Å². The maximum Gasteiger partial charge on any atom is 0.309 e. The quantitative estimate of drug-likeness (QED) is 0.559. The highest BCUT2D eigenvalue weighted by Gasteiger charge is 2.53. The van der Waals surface area contributed by atoms with E-state index in [1.807, 2.05) is 0 Å². The zero-order chi connectivity index (χ0) is 11.6. The molecule has 2 rings (SSSR count). The first-order chi connectivity index (χ1) is 7.68. The van der Waals surface area contributed by atoms with E-state index in [4.69, 9.17) is 4.74 Å². The third-order valence-corrected chi connectivity index (χ3v) is 4.15. The Hall–Kier alpha value is -0.570. The first-order valence-corrected chi connectivity index (χ1v) is 6.57. The van der Waals surface area contributed by atoms with E-state index in [1.165, 1.54) is 19.3 Å². The number of fused-ring (bicyclic) bond motifs is 1.